The van der Waals surface area contributed by atoms with Gasteiger partial charge in [0.25, 0.3) is 0 Å². The topological polar surface area (TPSA) is 77.8 Å². The molecule has 30 heavy (non-hydrogen) atoms. The van der Waals surface area contributed by atoms with E-state index in [4.69, 9.17) is 5.26 Å². The number of nitriles is 1. The fraction of sp³-hybridized carbons (Fsp3) is 0.0952. The quantitative estimate of drug-likeness (QED) is 0.513. The summed E-state index contributed by atoms with van der Waals surface area (Å²) in [6.45, 7) is 0. The van der Waals surface area contributed by atoms with Gasteiger partial charge in [0.05, 0.1) is 28.9 Å². The van der Waals surface area contributed by atoms with Crippen molar-refractivity contribution in [2.75, 3.05) is 5.32 Å². The molecule has 3 aromatic rings. The molecule has 0 spiro atoms. The highest BCUT2D eigenvalue weighted by molar-refractivity contribution is 9.10. The Balaban J connectivity index is 1.87. The maximum atomic E-state index is 12.9. The van der Waals surface area contributed by atoms with Crippen LogP contribution in [0.5, 0.6) is 0 Å². The summed E-state index contributed by atoms with van der Waals surface area (Å²) in [6.07, 6.45) is -2.93. The second-order valence-corrected chi connectivity index (χ2v) is 7.07. The fourth-order valence-corrected chi connectivity index (χ4v) is 3.19. The van der Waals surface area contributed by atoms with Gasteiger partial charge in [-0.1, -0.05) is 12.1 Å². The lowest BCUT2D eigenvalue weighted by molar-refractivity contribution is -0.137. The Labute approximate surface area is 178 Å². The predicted octanol–water partition coefficient (Wildman–Crippen LogP) is 5.65. The van der Waals surface area contributed by atoms with Crippen molar-refractivity contribution in [3.8, 4) is 6.07 Å². The van der Waals surface area contributed by atoms with Crippen LogP contribution < -0.4 is 10.6 Å². The summed E-state index contributed by atoms with van der Waals surface area (Å²) >= 11 is 3.37. The molecule has 2 aromatic carbocycles. The van der Waals surface area contributed by atoms with Gasteiger partial charge in [-0.05, 0) is 70.0 Å². The number of pyridine rings is 1. The van der Waals surface area contributed by atoms with Crippen LogP contribution in [0.4, 0.5) is 23.7 Å². The van der Waals surface area contributed by atoms with Gasteiger partial charge in [0, 0.05) is 16.4 Å². The molecule has 0 unspecified atom stereocenters. The molecule has 2 N–H and O–H groups in total. The van der Waals surface area contributed by atoms with E-state index in [0.29, 0.717) is 27.0 Å². The zero-order valence-corrected chi connectivity index (χ0v) is 16.8. The number of amides is 2. The highest BCUT2D eigenvalue weighted by atomic mass is 79.9. The molecular formula is C21H14BrF3N4O. The number of carbonyl (C=O) groups excluding carboxylic acids is 1. The van der Waals surface area contributed by atoms with Crippen molar-refractivity contribution < 1.29 is 18.0 Å². The smallest absolute Gasteiger partial charge is 0.325 e. The Morgan fingerprint density at radius 2 is 1.73 bits per heavy atom. The molecule has 0 saturated heterocycles. The third kappa shape index (κ3) is 5.15. The maximum absolute atomic E-state index is 12.9. The van der Waals surface area contributed by atoms with Crippen LogP contribution >= 0.6 is 15.9 Å². The van der Waals surface area contributed by atoms with Crippen LogP contribution in [0.25, 0.3) is 0 Å². The minimum absolute atomic E-state index is 0.428. The van der Waals surface area contributed by atoms with E-state index in [-0.39, 0.29) is 0 Å². The van der Waals surface area contributed by atoms with Gasteiger partial charge in [-0.15, -0.1) is 0 Å². The maximum Gasteiger partial charge on any atom is 0.416 e. The predicted molar refractivity (Wildman–Crippen MR) is 109 cm³/mol. The van der Waals surface area contributed by atoms with Crippen LogP contribution in [-0.4, -0.2) is 11.0 Å². The molecule has 1 heterocycles. The molecule has 2 amide bonds. The summed E-state index contributed by atoms with van der Waals surface area (Å²) in [5.41, 5.74) is 0.982. The lowest BCUT2D eigenvalue weighted by Gasteiger charge is -2.21. The Kier molecular flexibility index (Phi) is 6.37. The number of hydrogen-bond acceptors (Lipinski definition) is 3. The molecular weight excluding hydrogens is 461 g/mol. The van der Waals surface area contributed by atoms with Gasteiger partial charge in [0.1, 0.15) is 0 Å². The largest absolute Gasteiger partial charge is 0.416 e. The molecule has 9 heteroatoms. The molecule has 0 fully saturated rings. The van der Waals surface area contributed by atoms with Crippen molar-refractivity contribution in [2.45, 2.75) is 12.2 Å². The first kappa shape index (κ1) is 21.3. The number of hydrogen-bond donors (Lipinski definition) is 2. The van der Waals surface area contributed by atoms with Crippen LogP contribution in [0, 0.1) is 11.3 Å². The van der Waals surface area contributed by atoms with Gasteiger partial charge in [0.2, 0.25) is 0 Å². The van der Waals surface area contributed by atoms with Crippen LogP contribution in [0.15, 0.2) is 71.3 Å². The fourth-order valence-electron chi connectivity index (χ4n) is 2.71. The molecule has 1 aromatic heterocycles. The summed E-state index contributed by atoms with van der Waals surface area (Å²) in [6, 6.07) is 14.8. The highest BCUT2D eigenvalue weighted by Crippen LogP contribution is 2.32. The van der Waals surface area contributed by atoms with Gasteiger partial charge in [-0.2, -0.15) is 18.4 Å². The van der Waals surface area contributed by atoms with E-state index in [0.717, 1.165) is 12.1 Å². The van der Waals surface area contributed by atoms with Gasteiger partial charge in [-0.25, -0.2) is 4.79 Å². The normalized spacial score (nSPS) is 12.0. The summed E-state index contributed by atoms with van der Waals surface area (Å²) in [7, 11) is 0. The lowest BCUT2D eigenvalue weighted by Crippen LogP contribution is -2.34. The molecule has 0 aliphatic rings. The number of nitrogens with zero attached hydrogens (tertiary/aromatic N) is 2. The number of alkyl halides is 3. The first-order chi connectivity index (χ1) is 14.3. The van der Waals surface area contributed by atoms with Gasteiger partial charge < -0.3 is 10.6 Å². The molecule has 152 valence electrons. The molecule has 5 nitrogen and oxygen atoms in total. The second-order valence-electron chi connectivity index (χ2n) is 6.21. The van der Waals surface area contributed by atoms with E-state index in [2.05, 4.69) is 31.5 Å². The van der Waals surface area contributed by atoms with Crippen molar-refractivity contribution in [2.24, 2.45) is 0 Å². The van der Waals surface area contributed by atoms with E-state index in [1.165, 1.54) is 18.3 Å². The number of benzene rings is 2. The van der Waals surface area contributed by atoms with Crippen LogP contribution in [0.3, 0.4) is 0 Å². The Bertz CT molecular complexity index is 1080. The van der Waals surface area contributed by atoms with Crippen LogP contribution in [-0.2, 0) is 6.18 Å². The van der Waals surface area contributed by atoms with Crippen molar-refractivity contribution in [3.63, 3.8) is 0 Å². The number of aromatic nitrogens is 1. The van der Waals surface area contributed by atoms with E-state index in [9.17, 15) is 18.0 Å². The number of anilines is 1. The zero-order chi connectivity index (χ0) is 21.7. The number of rotatable bonds is 4. The van der Waals surface area contributed by atoms with Gasteiger partial charge in [-0.3, -0.25) is 4.98 Å². The van der Waals surface area contributed by atoms with E-state index >= 15 is 0 Å². The van der Waals surface area contributed by atoms with Crippen LogP contribution in [0.1, 0.15) is 28.4 Å². The number of urea groups is 1. The lowest BCUT2D eigenvalue weighted by atomic mass is 10.0. The summed E-state index contributed by atoms with van der Waals surface area (Å²) < 4.78 is 39.3. The van der Waals surface area contributed by atoms with E-state index in [1.54, 1.807) is 36.4 Å². The molecule has 0 bridgehead atoms. The third-order valence-corrected chi connectivity index (χ3v) is 4.85. The molecule has 0 aliphatic heterocycles. The summed E-state index contributed by atoms with van der Waals surface area (Å²) in [5, 5.41) is 14.2. The first-order valence-electron chi connectivity index (χ1n) is 8.63. The monoisotopic (exact) mass is 474 g/mol. The Morgan fingerprint density at radius 1 is 1.07 bits per heavy atom. The molecule has 0 aliphatic carbocycles. The van der Waals surface area contributed by atoms with Gasteiger partial charge >= 0.3 is 12.2 Å². The average molecular weight is 475 g/mol. The van der Waals surface area contributed by atoms with E-state index < -0.39 is 23.8 Å². The number of nitrogens with one attached hydrogen (secondary N) is 2. The number of halogens is 4. The SMILES string of the molecule is N#Cc1ccc(NC(=O)N[C@@H](c2ccc(C(F)(F)F)cc2)c2ncccc2Br)cc1. The Hall–Kier alpha value is -3.38. The molecule has 1 atom stereocenters. The van der Waals surface area contributed by atoms with Crippen molar-refractivity contribution in [1.82, 2.24) is 10.3 Å². The van der Waals surface area contributed by atoms with Crippen molar-refractivity contribution >= 4 is 27.6 Å². The third-order valence-electron chi connectivity index (χ3n) is 4.18. The minimum atomic E-state index is -4.46. The first-order valence-corrected chi connectivity index (χ1v) is 9.42. The zero-order valence-electron chi connectivity index (χ0n) is 15.2. The van der Waals surface area contributed by atoms with Gasteiger partial charge in [0.15, 0.2) is 0 Å². The average Bonchev–Trinajstić information content (AvgIpc) is 2.73. The van der Waals surface area contributed by atoms with Crippen molar-refractivity contribution in [3.05, 3.63) is 93.7 Å². The molecule has 0 radical (unpaired) electrons. The number of carbonyl (C=O) groups is 1. The van der Waals surface area contributed by atoms with Crippen molar-refractivity contribution in [1.29, 1.82) is 5.26 Å². The Morgan fingerprint density at radius 3 is 2.30 bits per heavy atom. The van der Waals surface area contributed by atoms with E-state index in [1.807, 2.05) is 6.07 Å². The highest BCUT2D eigenvalue weighted by Gasteiger charge is 2.30. The minimum Gasteiger partial charge on any atom is -0.325 e. The summed E-state index contributed by atoms with van der Waals surface area (Å²) in [5.74, 6) is 0. The molecule has 0 saturated carbocycles. The summed E-state index contributed by atoms with van der Waals surface area (Å²) in [4.78, 5) is 16.8. The standard InChI is InChI=1S/C21H14BrF3N4O/c22-17-2-1-11-27-19(17)18(14-5-7-15(8-6-14)21(23,24)25)29-20(30)28-16-9-3-13(12-26)4-10-16/h1-11,18H,(H2,28,29,30)/t18-/m0/s1. The van der Waals surface area contributed by atoms with Crippen LogP contribution in [0.2, 0.25) is 0 Å². The second kappa shape index (κ2) is 8.97. The molecule has 3 rings (SSSR count).